The van der Waals surface area contributed by atoms with Crippen molar-refractivity contribution in [2.24, 2.45) is 5.92 Å². The van der Waals surface area contributed by atoms with Gasteiger partial charge in [-0.2, -0.15) is 0 Å². The Morgan fingerprint density at radius 1 is 1.33 bits per heavy atom. The largest absolute Gasteiger partial charge is 0.387 e. The summed E-state index contributed by atoms with van der Waals surface area (Å²) >= 11 is 0. The summed E-state index contributed by atoms with van der Waals surface area (Å²) in [6.07, 6.45) is -1.30. The topological polar surface area (TPSA) is 47.9 Å². The first-order valence-corrected chi connectivity index (χ1v) is 6.20. The van der Waals surface area contributed by atoms with E-state index in [2.05, 4.69) is 0 Å². The van der Waals surface area contributed by atoms with Crippen molar-refractivity contribution in [1.29, 1.82) is 0 Å². The van der Waals surface area contributed by atoms with Crippen LogP contribution in [-0.2, 0) is 20.8 Å². The maximum atomic E-state index is 9.98. The second kappa shape index (κ2) is 6.29. The monoisotopic (exact) mass is 252 g/mol. The molecule has 100 valence electrons. The van der Waals surface area contributed by atoms with Crippen LogP contribution in [0.1, 0.15) is 12.5 Å². The van der Waals surface area contributed by atoms with Gasteiger partial charge in [0.05, 0.1) is 19.3 Å². The molecule has 2 rings (SSSR count). The SMILES string of the molecule is CO[C@H]1OC[C@H](OCc2ccccc2)[C@@H](C)[C@@H]1O. The Hall–Kier alpha value is -0.940. The van der Waals surface area contributed by atoms with Crippen molar-refractivity contribution >= 4 is 0 Å². The fourth-order valence-electron chi connectivity index (χ4n) is 2.09. The van der Waals surface area contributed by atoms with Crippen LogP contribution in [0.5, 0.6) is 0 Å². The lowest BCUT2D eigenvalue weighted by atomic mass is 9.95. The third-order valence-electron chi connectivity index (χ3n) is 3.37. The molecule has 0 radical (unpaired) electrons. The maximum absolute atomic E-state index is 9.98. The molecule has 18 heavy (non-hydrogen) atoms. The average Bonchev–Trinajstić information content (AvgIpc) is 2.42. The molecule has 1 aromatic rings. The molecule has 1 heterocycles. The van der Waals surface area contributed by atoms with Gasteiger partial charge in [-0.15, -0.1) is 0 Å². The molecule has 4 nitrogen and oxygen atoms in total. The normalized spacial score (nSPS) is 32.4. The molecule has 0 aromatic heterocycles. The van der Waals surface area contributed by atoms with Gasteiger partial charge in [-0.3, -0.25) is 0 Å². The van der Waals surface area contributed by atoms with Gasteiger partial charge in [-0.05, 0) is 5.56 Å². The van der Waals surface area contributed by atoms with Gasteiger partial charge in [0.1, 0.15) is 6.10 Å². The Balaban J connectivity index is 1.87. The van der Waals surface area contributed by atoms with Gasteiger partial charge in [0.15, 0.2) is 6.29 Å². The van der Waals surface area contributed by atoms with Gasteiger partial charge in [0.2, 0.25) is 0 Å². The van der Waals surface area contributed by atoms with Gasteiger partial charge >= 0.3 is 0 Å². The summed E-state index contributed by atoms with van der Waals surface area (Å²) < 4.78 is 16.3. The smallest absolute Gasteiger partial charge is 0.183 e. The summed E-state index contributed by atoms with van der Waals surface area (Å²) in [6, 6.07) is 9.97. The highest BCUT2D eigenvalue weighted by atomic mass is 16.7. The van der Waals surface area contributed by atoms with Crippen LogP contribution in [0.4, 0.5) is 0 Å². The quantitative estimate of drug-likeness (QED) is 0.883. The number of benzene rings is 1. The van der Waals surface area contributed by atoms with E-state index in [0.717, 1.165) is 5.56 Å². The molecule has 0 aliphatic carbocycles. The number of rotatable bonds is 4. The molecule has 1 aliphatic heterocycles. The van der Waals surface area contributed by atoms with Crippen LogP contribution in [0.2, 0.25) is 0 Å². The van der Waals surface area contributed by atoms with Gasteiger partial charge in [-0.1, -0.05) is 37.3 Å². The molecule has 0 amide bonds. The Morgan fingerprint density at radius 3 is 2.72 bits per heavy atom. The van der Waals surface area contributed by atoms with Crippen LogP contribution >= 0.6 is 0 Å². The molecule has 1 aliphatic rings. The van der Waals surface area contributed by atoms with E-state index < -0.39 is 12.4 Å². The van der Waals surface area contributed by atoms with Crippen LogP contribution in [0, 0.1) is 5.92 Å². The lowest BCUT2D eigenvalue weighted by molar-refractivity contribution is -0.253. The van der Waals surface area contributed by atoms with Crippen LogP contribution < -0.4 is 0 Å². The first-order chi connectivity index (χ1) is 8.72. The molecule has 1 aromatic carbocycles. The molecule has 1 N–H and O–H groups in total. The zero-order valence-corrected chi connectivity index (χ0v) is 10.8. The summed E-state index contributed by atoms with van der Waals surface area (Å²) in [4.78, 5) is 0. The minimum absolute atomic E-state index is 0.00703. The van der Waals surface area contributed by atoms with Crippen molar-refractivity contribution in [3.63, 3.8) is 0 Å². The van der Waals surface area contributed by atoms with Crippen molar-refractivity contribution in [1.82, 2.24) is 0 Å². The number of aliphatic hydroxyl groups is 1. The molecule has 4 heteroatoms. The third kappa shape index (κ3) is 3.09. The summed E-state index contributed by atoms with van der Waals surface area (Å²) in [5.74, 6) is -0.00703. The van der Waals surface area contributed by atoms with E-state index in [1.165, 1.54) is 7.11 Å². The third-order valence-corrected chi connectivity index (χ3v) is 3.37. The van der Waals surface area contributed by atoms with Gasteiger partial charge in [0.25, 0.3) is 0 Å². The maximum Gasteiger partial charge on any atom is 0.183 e. The molecule has 0 bridgehead atoms. The fraction of sp³-hybridized carbons (Fsp3) is 0.571. The van der Waals surface area contributed by atoms with Crippen LogP contribution in [0.15, 0.2) is 30.3 Å². The lowest BCUT2D eigenvalue weighted by Gasteiger charge is -2.37. The van der Waals surface area contributed by atoms with E-state index in [1.54, 1.807) is 0 Å². The van der Waals surface area contributed by atoms with E-state index >= 15 is 0 Å². The Morgan fingerprint density at radius 2 is 2.06 bits per heavy atom. The van der Waals surface area contributed by atoms with E-state index in [1.807, 2.05) is 37.3 Å². The predicted molar refractivity (Wildman–Crippen MR) is 66.9 cm³/mol. The number of aliphatic hydroxyl groups excluding tert-OH is 1. The predicted octanol–water partition coefficient (Wildman–Crippen LogP) is 1.57. The summed E-state index contributed by atoms with van der Waals surface area (Å²) in [5, 5.41) is 9.98. The van der Waals surface area contributed by atoms with Crippen LogP contribution in [0.3, 0.4) is 0 Å². The van der Waals surface area contributed by atoms with Gasteiger partial charge in [-0.25, -0.2) is 0 Å². The molecule has 0 saturated carbocycles. The van der Waals surface area contributed by atoms with Crippen LogP contribution in [-0.4, -0.2) is 37.3 Å². The van der Waals surface area contributed by atoms with E-state index in [4.69, 9.17) is 14.2 Å². The standard InChI is InChI=1S/C14H20O4/c1-10-12(9-18-14(16-2)13(10)15)17-8-11-6-4-3-5-7-11/h3-7,10,12-15H,8-9H2,1-2H3/t10-,12+,13+,14+/m1/s1. The highest BCUT2D eigenvalue weighted by molar-refractivity contribution is 5.13. The minimum Gasteiger partial charge on any atom is -0.387 e. The molecule has 4 atom stereocenters. The molecule has 0 spiro atoms. The second-order valence-corrected chi connectivity index (χ2v) is 4.62. The number of hydrogen-bond donors (Lipinski definition) is 1. The fourth-order valence-corrected chi connectivity index (χ4v) is 2.09. The highest BCUT2D eigenvalue weighted by Gasteiger charge is 2.37. The first-order valence-electron chi connectivity index (χ1n) is 6.20. The molecule has 1 saturated heterocycles. The van der Waals surface area contributed by atoms with Crippen LogP contribution in [0.25, 0.3) is 0 Å². The van der Waals surface area contributed by atoms with Crippen molar-refractivity contribution in [2.45, 2.75) is 32.0 Å². The highest BCUT2D eigenvalue weighted by Crippen LogP contribution is 2.24. The zero-order chi connectivity index (χ0) is 13.0. The van der Waals surface area contributed by atoms with Gasteiger partial charge in [0, 0.05) is 13.0 Å². The minimum atomic E-state index is -0.649. The second-order valence-electron chi connectivity index (χ2n) is 4.62. The van der Waals surface area contributed by atoms with E-state index in [0.29, 0.717) is 13.2 Å². The van der Waals surface area contributed by atoms with Crippen molar-refractivity contribution in [2.75, 3.05) is 13.7 Å². The van der Waals surface area contributed by atoms with Crippen molar-refractivity contribution < 1.29 is 19.3 Å². The summed E-state index contributed by atoms with van der Waals surface area (Å²) in [7, 11) is 1.53. The Kier molecular flexibility index (Phi) is 4.72. The first kappa shape index (κ1) is 13.5. The summed E-state index contributed by atoms with van der Waals surface area (Å²) in [6.45, 7) is 2.93. The van der Waals surface area contributed by atoms with E-state index in [9.17, 15) is 5.11 Å². The zero-order valence-electron chi connectivity index (χ0n) is 10.8. The Labute approximate surface area is 107 Å². The number of hydrogen-bond acceptors (Lipinski definition) is 4. The van der Waals surface area contributed by atoms with E-state index in [-0.39, 0.29) is 12.0 Å². The molecular formula is C14H20O4. The van der Waals surface area contributed by atoms with Crippen molar-refractivity contribution in [3.8, 4) is 0 Å². The molecular weight excluding hydrogens is 232 g/mol. The summed E-state index contributed by atoms with van der Waals surface area (Å²) in [5.41, 5.74) is 1.12. The average molecular weight is 252 g/mol. The number of ether oxygens (including phenoxy) is 3. The van der Waals surface area contributed by atoms with Gasteiger partial charge < -0.3 is 19.3 Å². The van der Waals surface area contributed by atoms with Crippen molar-refractivity contribution in [3.05, 3.63) is 35.9 Å². The molecule has 0 unspecified atom stereocenters. The lowest BCUT2D eigenvalue weighted by Crippen LogP contribution is -2.49. The molecule has 1 fully saturated rings. The number of methoxy groups -OCH3 is 1. The Bertz CT molecular complexity index is 354.